The van der Waals surface area contributed by atoms with Crippen LogP contribution >= 0.6 is 0 Å². The molecule has 2 heterocycles. The molecule has 1 unspecified atom stereocenters. The van der Waals surface area contributed by atoms with E-state index in [1.54, 1.807) is 6.20 Å². The van der Waals surface area contributed by atoms with E-state index in [0.717, 1.165) is 25.1 Å². The van der Waals surface area contributed by atoms with E-state index >= 15 is 0 Å². The number of aromatic nitrogens is 3. The fourth-order valence-corrected chi connectivity index (χ4v) is 2.04. The molecule has 0 radical (unpaired) electrons. The van der Waals surface area contributed by atoms with Crippen molar-refractivity contribution < 1.29 is 4.42 Å². The molecule has 1 atom stereocenters. The average Bonchev–Trinajstić information content (AvgIpc) is 3.00. The number of pyridine rings is 1. The van der Waals surface area contributed by atoms with E-state index in [0.29, 0.717) is 18.5 Å². The lowest BCUT2D eigenvalue weighted by Crippen LogP contribution is -2.19. The minimum absolute atomic E-state index is 0.0639. The summed E-state index contributed by atoms with van der Waals surface area (Å²) in [6.07, 6.45) is 3.83. The Morgan fingerprint density at radius 2 is 2.14 bits per heavy atom. The number of hydrogen-bond donors (Lipinski definition) is 2. The van der Waals surface area contributed by atoms with Gasteiger partial charge in [0, 0.05) is 6.20 Å². The summed E-state index contributed by atoms with van der Waals surface area (Å²) in [7, 11) is 0. The van der Waals surface area contributed by atoms with Crippen molar-refractivity contribution in [2.75, 3.05) is 11.9 Å². The summed E-state index contributed by atoms with van der Waals surface area (Å²) >= 11 is 0. The highest BCUT2D eigenvalue weighted by Crippen LogP contribution is 2.15. The predicted molar refractivity (Wildman–Crippen MR) is 81.9 cm³/mol. The van der Waals surface area contributed by atoms with E-state index in [1.165, 1.54) is 5.56 Å². The van der Waals surface area contributed by atoms with Gasteiger partial charge >= 0.3 is 6.01 Å². The third-order valence-corrected chi connectivity index (χ3v) is 3.28. The molecule has 0 aromatic carbocycles. The quantitative estimate of drug-likeness (QED) is 0.778. The second kappa shape index (κ2) is 7.73. The lowest BCUT2D eigenvalue weighted by Gasteiger charge is -2.08. The predicted octanol–water partition coefficient (Wildman–Crippen LogP) is 2.70. The number of rotatable bonds is 8. The number of anilines is 1. The molecular formula is C15H23N5O. The second-order valence-electron chi connectivity index (χ2n) is 4.94. The Kier molecular flexibility index (Phi) is 5.68. The molecule has 21 heavy (non-hydrogen) atoms. The highest BCUT2D eigenvalue weighted by atomic mass is 16.4. The Balaban J connectivity index is 1.93. The van der Waals surface area contributed by atoms with Crippen molar-refractivity contribution in [1.82, 2.24) is 20.5 Å². The maximum absolute atomic E-state index is 5.61. The van der Waals surface area contributed by atoms with Gasteiger partial charge in [0.2, 0.25) is 5.89 Å². The number of aryl methyl sites for hydroxylation is 1. The highest BCUT2D eigenvalue weighted by Gasteiger charge is 2.13. The van der Waals surface area contributed by atoms with Gasteiger partial charge in [-0.25, -0.2) is 0 Å². The van der Waals surface area contributed by atoms with Crippen molar-refractivity contribution in [1.29, 1.82) is 0 Å². The molecule has 0 amide bonds. The molecule has 6 nitrogen and oxygen atoms in total. The van der Waals surface area contributed by atoms with E-state index in [2.05, 4.69) is 45.7 Å². The van der Waals surface area contributed by atoms with Crippen LogP contribution in [0.15, 0.2) is 22.7 Å². The zero-order valence-electron chi connectivity index (χ0n) is 12.9. The van der Waals surface area contributed by atoms with Crippen molar-refractivity contribution in [2.45, 2.75) is 46.2 Å². The van der Waals surface area contributed by atoms with Crippen molar-refractivity contribution in [2.24, 2.45) is 0 Å². The molecule has 2 N–H and O–H groups in total. The Labute approximate surface area is 125 Å². The zero-order chi connectivity index (χ0) is 15.1. The molecule has 0 aliphatic rings. The van der Waals surface area contributed by atoms with Gasteiger partial charge in [-0.15, -0.1) is 5.10 Å². The smallest absolute Gasteiger partial charge is 0.315 e. The molecule has 0 spiro atoms. The molecule has 114 valence electrons. The molecular weight excluding hydrogens is 266 g/mol. The number of hydrogen-bond acceptors (Lipinski definition) is 6. The van der Waals surface area contributed by atoms with Gasteiger partial charge in [-0.1, -0.05) is 25.0 Å². The Hall–Kier alpha value is -1.95. The molecule has 0 bridgehead atoms. The largest absolute Gasteiger partial charge is 0.406 e. The van der Waals surface area contributed by atoms with E-state index in [-0.39, 0.29) is 6.04 Å². The van der Waals surface area contributed by atoms with E-state index < -0.39 is 0 Å². The standard InChI is InChI=1S/C15H23N5O/c1-4-8-16-11(3)14-19-20-15(21-14)18-10-13-12(5-2)7-6-9-17-13/h6-7,9,11,16H,4-5,8,10H2,1-3H3,(H,18,20). The summed E-state index contributed by atoms with van der Waals surface area (Å²) in [6.45, 7) is 7.77. The summed E-state index contributed by atoms with van der Waals surface area (Å²) in [5.41, 5.74) is 2.24. The molecule has 0 saturated carbocycles. The molecule has 2 rings (SSSR count). The lowest BCUT2D eigenvalue weighted by atomic mass is 10.1. The maximum atomic E-state index is 5.61. The molecule has 0 aliphatic heterocycles. The third-order valence-electron chi connectivity index (χ3n) is 3.28. The van der Waals surface area contributed by atoms with Gasteiger partial charge in [0.05, 0.1) is 18.3 Å². The van der Waals surface area contributed by atoms with Crippen LogP contribution in [-0.4, -0.2) is 21.7 Å². The topological polar surface area (TPSA) is 75.9 Å². The summed E-state index contributed by atoms with van der Waals surface area (Å²) in [6, 6.07) is 4.53. The first-order chi connectivity index (χ1) is 10.2. The monoisotopic (exact) mass is 289 g/mol. The molecule has 2 aromatic rings. The van der Waals surface area contributed by atoms with Crippen LogP contribution in [0.3, 0.4) is 0 Å². The Morgan fingerprint density at radius 3 is 2.90 bits per heavy atom. The SMILES string of the molecule is CCCNC(C)c1nnc(NCc2ncccc2CC)o1. The molecule has 0 saturated heterocycles. The van der Waals surface area contributed by atoms with Gasteiger partial charge in [0.25, 0.3) is 0 Å². The normalized spacial score (nSPS) is 12.3. The average molecular weight is 289 g/mol. The molecule has 0 fully saturated rings. The van der Waals surface area contributed by atoms with Crippen molar-refractivity contribution in [3.8, 4) is 0 Å². The maximum Gasteiger partial charge on any atom is 0.315 e. The minimum atomic E-state index is 0.0639. The lowest BCUT2D eigenvalue weighted by molar-refractivity contribution is 0.423. The first kappa shape index (κ1) is 15.4. The van der Waals surface area contributed by atoms with Crippen LogP contribution in [0, 0.1) is 0 Å². The summed E-state index contributed by atoms with van der Waals surface area (Å²) in [5, 5.41) is 14.5. The van der Waals surface area contributed by atoms with Crippen LogP contribution in [0.5, 0.6) is 0 Å². The van der Waals surface area contributed by atoms with Crippen LogP contribution in [0.2, 0.25) is 0 Å². The fraction of sp³-hybridized carbons (Fsp3) is 0.533. The van der Waals surface area contributed by atoms with Gasteiger partial charge in [-0.3, -0.25) is 4.98 Å². The fourth-order valence-electron chi connectivity index (χ4n) is 2.04. The van der Waals surface area contributed by atoms with Crippen molar-refractivity contribution in [3.05, 3.63) is 35.5 Å². The summed E-state index contributed by atoms with van der Waals surface area (Å²) < 4.78 is 5.61. The van der Waals surface area contributed by atoms with Gasteiger partial charge in [-0.2, -0.15) is 0 Å². The first-order valence-electron chi connectivity index (χ1n) is 7.48. The van der Waals surface area contributed by atoms with Crippen LogP contribution in [0.25, 0.3) is 0 Å². The Bertz CT molecular complexity index is 555. The van der Waals surface area contributed by atoms with E-state index in [1.807, 2.05) is 13.0 Å². The van der Waals surface area contributed by atoms with E-state index in [4.69, 9.17) is 4.42 Å². The van der Waals surface area contributed by atoms with Crippen LogP contribution < -0.4 is 10.6 Å². The third kappa shape index (κ3) is 4.26. The summed E-state index contributed by atoms with van der Waals surface area (Å²) in [5.74, 6) is 0.600. The molecule has 6 heteroatoms. The van der Waals surface area contributed by atoms with Gasteiger partial charge in [0.1, 0.15) is 0 Å². The number of nitrogens with zero attached hydrogens (tertiary/aromatic N) is 3. The summed E-state index contributed by atoms with van der Waals surface area (Å²) in [4.78, 5) is 4.38. The Morgan fingerprint density at radius 1 is 1.29 bits per heavy atom. The minimum Gasteiger partial charge on any atom is -0.406 e. The number of nitrogens with one attached hydrogen (secondary N) is 2. The second-order valence-corrected chi connectivity index (χ2v) is 4.94. The highest BCUT2D eigenvalue weighted by molar-refractivity contribution is 5.25. The van der Waals surface area contributed by atoms with Gasteiger partial charge in [0.15, 0.2) is 0 Å². The van der Waals surface area contributed by atoms with Crippen molar-refractivity contribution >= 4 is 6.01 Å². The van der Waals surface area contributed by atoms with Crippen LogP contribution in [0.1, 0.15) is 50.4 Å². The van der Waals surface area contributed by atoms with Gasteiger partial charge < -0.3 is 15.1 Å². The molecule has 0 aliphatic carbocycles. The molecule has 2 aromatic heterocycles. The van der Waals surface area contributed by atoms with Crippen LogP contribution in [0.4, 0.5) is 6.01 Å². The van der Waals surface area contributed by atoms with Crippen molar-refractivity contribution in [3.63, 3.8) is 0 Å². The van der Waals surface area contributed by atoms with E-state index in [9.17, 15) is 0 Å². The van der Waals surface area contributed by atoms with Gasteiger partial charge in [-0.05, 0) is 37.9 Å². The van der Waals surface area contributed by atoms with Crippen LogP contribution in [-0.2, 0) is 13.0 Å². The zero-order valence-corrected chi connectivity index (χ0v) is 12.9. The first-order valence-corrected chi connectivity index (χ1v) is 7.48.